The van der Waals surface area contributed by atoms with Crippen molar-refractivity contribution in [1.29, 1.82) is 0 Å². The predicted octanol–water partition coefficient (Wildman–Crippen LogP) is 3.36. The van der Waals surface area contributed by atoms with E-state index in [1.165, 1.54) is 37.4 Å². The number of nitrogens with zero attached hydrogens (tertiary/aromatic N) is 1. The Balaban J connectivity index is 2.21. The number of rotatable bonds is 9. The van der Waals surface area contributed by atoms with Gasteiger partial charge in [0, 0.05) is 5.69 Å². The highest BCUT2D eigenvalue weighted by molar-refractivity contribution is 7.92. The zero-order valence-corrected chi connectivity index (χ0v) is 16.2. The second-order valence-corrected chi connectivity index (χ2v) is 7.41. The number of hydrogen-bond donors (Lipinski definition) is 1. The maximum atomic E-state index is 12.6. The van der Waals surface area contributed by atoms with Gasteiger partial charge in [-0.25, -0.2) is 13.2 Å². The summed E-state index contributed by atoms with van der Waals surface area (Å²) in [5, 5.41) is 11.2. The van der Waals surface area contributed by atoms with Crippen LogP contribution in [0.4, 0.5) is 11.4 Å². The van der Waals surface area contributed by atoms with E-state index in [-0.39, 0.29) is 17.0 Å². The number of nitro groups is 1. The van der Waals surface area contributed by atoms with Gasteiger partial charge in [-0.05, 0) is 42.8 Å². The van der Waals surface area contributed by atoms with Crippen LogP contribution in [0.25, 0.3) is 0 Å². The van der Waals surface area contributed by atoms with Crippen LogP contribution in [0.2, 0.25) is 0 Å². The number of benzene rings is 2. The molecule has 0 spiro atoms. The second kappa shape index (κ2) is 9.18. The van der Waals surface area contributed by atoms with Crippen LogP contribution in [0.3, 0.4) is 0 Å². The van der Waals surface area contributed by atoms with Crippen molar-refractivity contribution in [2.45, 2.75) is 24.7 Å². The van der Waals surface area contributed by atoms with Gasteiger partial charge in [0.15, 0.2) is 4.90 Å². The Hall–Kier alpha value is -3.14. The molecule has 10 heteroatoms. The largest absolute Gasteiger partial charge is 0.497 e. The van der Waals surface area contributed by atoms with E-state index in [2.05, 4.69) is 4.72 Å². The fourth-order valence-corrected chi connectivity index (χ4v) is 3.48. The number of methoxy groups -OCH3 is 1. The first-order chi connectivity index (χ1) is 13.3. The number of hydrogen-bond acceptors (Lipinski definition) is 7. The molecule has 0 saturated carbocycles. The summed E-state index contributed by atoms with van der Waals surface area (Å²) in [7, 11) is -2.91. The van der Waals surface area contributed by atoms with Crippen molar-refractivity contribution in [3.05, 3.63) is 58.1 Å². The topological polar surface area (TPSA) is 125 Å². The number of sulfonamides is 1. The molecule has 0 bridgehead atoms. The summed E-state index contributed by atoms with van der Waals surface area (Å²) in [5.41, 5.74) is -0.187. The lowest BCUT2D eigenvalue weighted by molar-refractivity contribution is -0.387. The van der Waals surface area contributed by atoms with Gasteiger partial charge in [-0.2, -0.15) is 0 Å². The van der Waals surface area contributed by atoms with E-state index in [4.69, 9.17) is 9.47 Å². The van der Waals surface area contributed by atoms with E-state index < -0.39 is 31.5 Å². The smallest absolute Gasteiger partial charge is 0.338 e. The SMILES string of the molecule is CCCCOC(=O)c1ccc(NS(=O)(=O)c2ccc(OC)cc2[N+](=O)[O-])cc1. The minimum atomic E-state index is -4.23. The van der Waals surface area contributed by atoms with Crippen molar-refractivity contribution in [1.82, 2.24) is 0 Å². The lowest BCUT2D eigenvalue weighted by Gasteiger charge is -2.10. The van der Waals surface area contributed by atoms with Gasteiger partial charge in [-0.15, -0.1) is 0 Å². The first-order valence-corrected chi connectivity index (χ1v) is 9.89. The van der Waals surface area contributed by atoms with Crippen molar-refractivity contribution in [3.63, 3.8) is 0 Å². The zero-order chi connectivity index (χ0) is 20.7. The van der Waals surface area contributed by atoms with Crippen LogP contribution < -0.4 is 9.46 Å². The minimum Gasteiger partial charge on any atom is -0.497 e. The van der Waals surface area contributed by atoms with Crippen LogP contribution >= 0.6 is 0 Å². The molecule has 0 amide bonds. The molecule has 2 aromatic rings. The molecule has 0 atom stereocenters. The summed E-state index contributed by atoms with van der Waals surface area (Å²) in [4.78, 5) is 21.8. The predicted molar refractivity (Wildman–Crippen MR) is 102 cm³/mol. The van der Waals surface area contributed by atoms with Crippen molar-refractivity contribution in [2.75, 3.05) is 18.4 Å². The molecular formula is C18H20N2O7S. The molecule has 0 heterocycles. The molecule has 0 unspecified atom stereocenters. The molecule has 0 aromatic heterocycles. The number of carbonyl (C=O) groups is 1. The fourth-order valence-electron chi connectivity index (χ4n) is 2.27. The first kappa shape index (κ1) is 21.2. The van der Waals surface area contributed by atoms with Gasteiger partial charge < -0.3 is 9.47 Å². The normalized spacial score (nSPS) is 10.9. The molecular weight excluding hydrogens is 388 g/mol. The highest BCUT2D eigenvalue weighted by Gasteiger charge is 2.26. The van der Waals surface area contributed by atoms with Crippen LogP contribution in [-0.4, -0.2) is 33.0 Å². The lowest BCUT2D eigenvalue weighted by atomic mass is 10.2. The Morgan fingerprint density at radius 3 is 2.43 bits per heavy atom. The number of nitro benzene ring substituents is 1. The minimum absolute atomic E-state index is 0.148. The third kappa shape index (κ3) is 5.19. The average Bonchev–Trinajstić information content (AvgIpc) is 2.67. The average molecular weight is 408 g/mol. The Labute approximate surface area is 162 Å². The maximum Gasteiger partial charge on any atom is 0.338 e. The van der Waals surface area contributed by atoms with E-state index in [0.29, 0.717) is 6.61 Å². The maximum absolute atomic E-state index is 12.6. The standard InChI is InChI=1S/C18H20N2O7S/c1-3-4-11-27-18(21)13-5-7-14(8-6-13)19-28(24,25)17-10-9-15(26-2)12-16(17)20(22)23/h5-10,12,19H,3-4,11H2,1-2H3. The third-order valence-corrected chi connectivity index (χ3v) is 5.18. The molecule has 0 aliphatic rings. The summed E-state index contributed by atoms with van der Waals surface area (Å²) in [6, 6.07) is 9.02. The molecule has 2 aromatic carbocycles. The second-order valence-electron chi connectivity index (χ2n) is 5.76. The first-order valence-electron chi connectivity index (χ1n) is 8.41. The molecule has 0 aliphatic carbocycles. The Morgan fingerprint density at radius 1 is 1.18 bits per heavy atom. The van der Waals surface area contributed by atoms with E-state index >= 15 is 0 Å². The van der Waals surface area contributed by atoms with Gasteiger partial charge in [0.1, 0.15) is 5.75 Å². The van der Waals surface area contributed by atoms with Crippen LogP contribution in [0, 0.1) is 10.1 Å². The van der Waals surface area contributed by atoms with E-state index in [1.54, 1.807) is 0 Å². The summed E-state index contributed by atoms with van der Waals surface area (Å²) >= 11 is 0. The molecule has 1 N–H and O–H groups in total. The molecule has 2 rings (SSSR count). The van der Waals surface area contributed by atoms with Crippen LogP contribution in [-0.2, 0) is 14.8 Å². The summed E-state index contributed by atoms with van der Waals surface area (Å²) < 4.78 is 37.4. The van der Waals surface area contributed by atoms with Crippen LogP contribution in [0.1, 0.15) is 30.1 Å². The van der Waals surface area contributed by atoms with Crippen molar-refractivity contribution in [2.24, 2.45) is 0 Å². The molecule has 150 valence electrons. The molecule has 0 fully saturated rings. The number of ether oxygens (including phenoxy) is 2. The molecule has 0 saturated heterocycles. The molecule has 0 aliphatic heterocycles. The van der Waals surface area contributed by atoms with Crippen molar-refractivity contribution in [3.8, 4) is 5.75 Å². The monoisotopic (exact) mass is 408 g/mol. The number of nitrogens with one attached hydrogen (secondary N) is 1. The lowest BCUT2D eigenvalue weighted by Crippen LogP contribution is -2.15. The Morgan fingerprint density at radius 2 is 1.86 bits per heavy atom. The number of carbonyl (C=O) groups excluding carboxylic acids is 1. The quantitative estimate of drug-likeness (QED) is 0.292. The third-order valence-electron chi connectivity index (χ3n) is 3.76. The number of unbranched alkanes of at least 4 members (excludes halogenated alkanes) is 1. The van der Waals surface area contributed by atoms with Gasteiger partial charge in [0.05, 0.1) is 30.3 Å². The van der Waals surface area contributed by atoms with Crippen molar-refractivity contribution < 1.29 is 27.6 Å². The van der Waals surface area contributed by atoms with E-state index in [1.807, 2.05) is 6.92 Å². The van der Waals surface area contributed by atoms with Crippen LogP contribution in [0.5, 0.6) is 5.75 Å². The number of esters is 1. The zero-order valence-electron chi connectivity index (χ0n) is 15.4. The summed E-state index contributed by atoms with van der Waals surface area (Å²) in [6.45, 7) is 2.28. The van der Waals surface area contributed by atoms with Crippen molar-refractivity contribution >= 4 is 27.4 Å². The highest BCUT2D eigenvalue weighted by atomic mass is 32.2. The summed E-state index contributed by atoms with van der Waals surface area (Å²) in [6.07, 6.45) is 1.65. The Kier molecular flexibility index (Phi) is 6.94. The van der Waals surface area contributed by atoms with Gasteiger partial charge in [-0.3, -0.25) is 14.8 Å². The fraction of sp³-hybridized carbons (Fsp3) is 0.278. The molecule has 28 heavy (non-hydrogen) atoms. The summed E-state index contributed by atoms with van der Waals surface area (Å²) in [5.74, 6) is -0.342. The van der Waals surface area contributed by atoms with E-state index in [0.717, 1.165) is 25.0 Å². The van der Waals surface area contributed by atoms with Gasteiger partial charge >= 0.3 is 5.97 Å². The van der Waals surface area contributed by atoms with Gasteiger partial charge in [-0.1, -0.05) is 13.3 Å². The molecule has 0 radical (unpaired) electrons. The van der Waals surface area contributed by atoms with E-state index in [9.17, 15) is 23.3 Å². The van der Waals surface area contributed by atoms with Gasteiger partial charge in [0.25, 0.3) is 15.7 Å². The van der Waals surface area contributed by atoms with Gasteiger partial charge in [0.2, 0.25) is 0 Å². The Bertz CT molecular complexity index is 956. The van der Waals surface area contributed by atoms with Crippen LogP contribution in [0.15, 0.2) is 47.4 Å². The molecule has 9 nitrogen and oxygen atoms in total. The number of anilines is 1. The highest BCUT2D eigenvalue weighted by Crippen LogP contribution is 2.29.